The van der Waals surface area contributed by atoms with E-state index >= 15 is 0 Å². The molecule has 16 atom stereocenters. The minimum atomic E-state index is -2.66. The number of aliphatic hydroxyl groups is 9. The van der Waals surface area contributed by atoms with Crippen molar-refractivity contribution in [1.29, 1.82) is 0 Å². The topological polar surface area (TPSA) is 566 Å². The van der Waals surface area contributed by atoms with Crippen LogP contribution in [0.2, 0.25) is 0 Å². The largest absolute Gasteiger partial charge is 0.508 e. The van der Waals surface area contributed by atoms with Gasteiger partial charge in [-0.3, -0.25) is 47.9 Å². The Hall–Kier alpha value is -6.76. The quantitative estimate of drug-likeness (QED) is 0.0383. The maximum Gasteiger partial charge on any atom is 0.248 e. The Morgan fingerprint density at radius 1 is 0.659 bits per heavy atom. The van der Waals surface area contributed by atoms with E-state index in [0.717, 1.165) is 69.2 Å². The maximum atomic E-state index is 14.2. The Bertz CT molecular complexity index is 2360. The van der Waals surface area contributed by atoms with E-state index in [1.54, 1.807) is 0 Å². The van der Waals surface area contributed by atoms with Gasteiger partial charge in [-0.2, -0.15) is 0 Å². The average molecular weight is 1220 g/mol. The molecule has 33 heteroatoms. The molecular formula is C52H85N11O22. The van der Waals surface area contributed by atoms with Crippen LogP contribution in [0, 0.1) is 0 Å². The molecule has 1 aromatic rings. The molecule has 0 aliphatic carbocycles. The molecule has 85 heavy (non-hydrogen) atoms. The van der Waals surface area contributed by atoms with Gasteiger partial charge in [0.2, 0.25) is 59.1 Å². The van der Waals surface area contributed by atoms with Crippen molar-refractivity contribution in [3.05, 3.63) is 29.8 Å². The molecule has 2 saturated heterocycles. The van der Waals surface area contributed by atoms with Crippen molar-refractivity contribution in [3.8, 4) is 5.75 Å². The lowest BCUT2D eigenvalue weighted by Crippen LogP contribution is -2.63. The highest BCUT2D eigenvalue weighted by Crippen LogP contribution is 2.25. The maximum absolute atomic E-state index is 14.2. The number of aliphatic hydroxyl groups excluding tert-OH is 9. The third-order valence-corrected chi connectivity index (χ3v) is 14.0. The van der Waals surface area contributed by atoms with Gasteiger partial charge < -0.3 is 120 Å². The zero-order chi connectivity index (χ0) is 63.5. The summed E-state index contributed by atoms with van der Waals surface area (Å²) in [5.74, 6) is -13.9. The highest BCUT2D eigenvalue weighted by molar-refractivity contribution is 5.99. The molecule has 33 nitrogen and oxygen atoms in total. The lowest BCUT2D eigenvalue weighted by atomic mass is 9.94. The van der Waals surface area contributed by atoms with E-state index < -0.39 is 202 Å². The molecule has 480 valence electrons. The summed E-state index contributed by atoms with van der Waals surface area (Å²) in [5.41, 5.74) is 16.2. The van der Waals surface area contributed by atoms with Crippen LogP contribution in [0.15, 0.2) is 24.3 Å². The van der Waals surface area contributed by atoms with Gasteiger partial charge in [0.15, 0.2) is 12.4 Å². The molecule has 0 aromatic heterocycles. The molecule has 3 rings (SSSR count). The standard InChI is InChI=1S/C52H85N11O22/c1-2-3-4-5-6-7-8-9-10-11-34(85-52-44(76)42(74)33(68)24-84-52)41(73)32(67)18-26-19-36(70)59-30(22-64)48(80)62-38(40(72)25-12-14-27(66)15-13-25)51(83)60-28(16-17-53)46(78)56-21-37(71)58-29(20-35(54)69)47(79)61-31(23-65)49(81)63-39(50(82)57-26)43(75)45(55)77/h12-15,26,28-34,38-44,52,64-68,72-76H,2-11,16-24,53H2,1H3,(H2,54,69)(H2,55,77)(H,56,78)(H,57,82)(H,58,71)(H,59,70)(H,60,83)(H,61,79)(H,62,80)(H,63,81)/t26-,28-,29+,30-,31+,32-,33-,34+,38-,39+,40-,41-,42+,43+,44-,52+/m1/s1. The fourth-order valence-electron chi connectivity index (χ4n) is 9.10. The van der Waals surface area contributed by atoms with Crippen molar-refractivity contribution >= 4 is 59.1 Å². The van der Waals surface area contributed by atoms with E-state index in [-0.39, 0.29) is 30.7 Å². The molecule has 1 aromatic carbocycles. The van der Waals surface area contributed by atoms with Crippen LogP contribution in [-0.4, -0.2) is 234 Å². The van der Waals surface area contributed by atoms with Crippen LogP contribution in [0.1, 0.15) is 108 Å². The molecule has 10 amide bonds. The molecular weight excluding hydrogens is 1130 g/mol. The molecule has 0 saturated carbocycles. The number of phenolic OH excluding ortho intramolecular Hbond substituents is 1. The lowest BCUT2D eigenvalue weighted by molar-refractivity contribution is -0.293. The van der Waals surface area contributed by atoms with Crippen LogP contribution in [0.4, 0.5) is 0 Å². The first kappa shape index (κ1) is 72.5. The number of rotatable bonds is 26. The van der Waals surface area contributed by atoms with E-state index in [1.807, 2.05) is 10.6 Å². The SMILES string of the molecule is CCCCCCCCCCC[C@H](O[C@@H]1OC[C@@H](O)[C@H](O)[C@H]1O)[C@H](O)[C@H](O)C[C@@H]1CC(=O)N[C@H](CO)C(=O)N[C@H]([C@H](O)c2ccc(O)cc2)C(=O)N[C@H](CCN)C(=O)NCC(=O)N[C@@H](CC(N)=O)C(=O)N[C@@H](CO)C(=O)N[C@@H]([C@H](O)C(N)=O)C(=O)N1. The number of aromatic hydroxyl groups is 1. The second-order valence-corrected chi connectivity index (χ2v) is 20.8. The van der Waals surface area contributed by atoms with Crippen molar-refractivity contribution in [2.24, 2.45) is 17.2 Å². The lowest BCUT2D eigenvalue weighted by Gasteiger charge is -2.38. The molecule has 24 N–H and O–H groups in total. The number of benzene rings is 1. The molecule has 2 heterocycles. The number of hydrogen-bond acceptors (Lipinski definition) is 23. The number of ether oxygens (including phenoxy) is 2. The molecule has 0 spiro atoms. The Morgan fingerprint density at radius 3 is 1.78 bits per heavy atom. The third-order valence-electron chi connectivity index (χ3n) is 14.0. The van der Waals surface area contributed by atoms with Gasteiger partial charge >= 0.3 is 0 Å². The number of primary amides is 2. The first-order valence-corrected chi connectivity index (χ1v) is 28.0. The molecule has 0 radical (unpaired) electrons. The van der Waals surface area contributed by atoms with Gasteiger partial charge in [-0.25, -0.2) is 0 Å². The monoisotopic (exact) mass is 1220 g/mol. The Morgan fingerprint density at radius 2 is 1.20 bits per heavy atom. The smallest absolute Gasteiger partial charge is 0.248 e. The van der Waals surface area contributed by atoms with Crippen LogP contribution in [0.25, 0.3) is 0 Å². The van der Waals surface area contributed by atoms with Crippen molar-refractivity contribution in [2.75, 3.05) is 32.9 Å². The van der Waals surface area contributed by atoms with Gasteiger partial charge in [0.1, 0.15) is 72.5 Å². The van der Waals surface area contributed by atoms with Crippen LogP contribution in [0.5, 0.6) is 5.75 Å². The Balaban J connectivity index is 2.15. The first-order chi connectivity index (χ1) is 40.3. The molecule has 2 fully saturated rings. The summed E-state index contributed by atoms with van der Waals surface area (Å²) in [6, 6.07) is -9.69. The highest BCUT2D eigenvalue weighted by atomic mass is 16.7. The zero-order valence-corrected chi connectivity index (χ0v) is 47.1. The average Bonchev–Trinajstić information content (AvgIpc) is 3.21. The summed E-state index contributed by atoms with van der Waals surface area (Å²) < 4.78 is 11.3. The molecule has 2 aliphatic rings. The Kier molecular flexibility index (Phi) is 31.5. The number of nitrogens with two attached hydrogens (primary N) is 3. The fraction of sp³-hybridized carbons (Fsp3) is 0.692. The number of carbonyl (C=O) groups is 10. The second-order valence-electron chi connectivity index (χ2n) is 20.8. The van der Waals surface area contributed by atoms with Crippen LogP contribution < -0.4 is 59.7 Å². The van der Waals surface area contributed by atoms with E-state index in [0.29, 0.717) is 12.8 Å². The zero-order valence-electron chi connectivity index (χ0n) is 47.1. The van der Waals surface area contributed by atoms with Crippen molar-refractivity contribution < 1.29 is 108 Å². The van der Waals surface area contributed by atoms with Crippen LogP contribution in [-0.2, 0) is 57.4 Å². The predicted octanol–water partition coefficient (Wildman–Crippen LogP) is -8.75. The Labute approximate surface area is 488 Å². The van der Waals surface area contributed by atoms with Gasteiger partial charge in [-0.1, -0.05) is 76.8 Å². The fourth-order valence-corrected chi connectivity index (χ4v) is 9.10. The molecule has 0 unspecified atom stereocenters. The molecule has 2 aliphatic heterocycles. The highest BCUT2D eigenvalue weighted by Gasteiger charge is 2.43. The van der Waals surface area contributed by atoms with Crippen LogP contribution >= 0.6 is 0 Å². The van der Waals surface area contributed by atoms with Gasteiger partial charge in [-0.05, 0) is 43.5 Å². The summed E-state index contributed by atoms with van der Waals surface area (Å²) in [4.78, 5) is 135. The summed E-state index contributed by atoms with van der Waals surface area (Å²) in [7, 11) is 0. The number of carbonyl (C=O) groups excluding carboxylic acids is 10. The summed E-state index contributed by atoms with van der Waals surface area (Å²) in [6.07, 6.45) is -12.6. The number of unbranched alkanes of at least 4 members (excludes halogenated alkanes) is 8. The number of hydrogen-bond donors (Lipinski definition) is 21. The number of amides is 10. The minimum absolute atomic E-state index is 0.0391. The summed E-state index contributed by atoms with van der Waals surface area (Å²) >= 11 is 0. The van der Waals surface area contributed by atoms with Gasteiger partial charge in [-0.15, -0.1) is 0 Å². The number of phenols is 1. The van der Waals surface area contributed by atoms with Crippen molar-refractivity contribution in [3.63, 3.8) is 0 Å². The van der Waals surface area contributed by atoms with E-state index in [9.17, 15) is 99.0 Å². The first-order valence-electron chi connectivity index (χ1n) is 28.0. The van der Waals surface area contributed by atoms with Crippen molar-refractivity contribution in [2.45, 2.75) is 194 Å². The van der Waals surface area contributed by atoms with Crippen LogP contribution in [0.3, 0.4) is 0 Å². The van der Waals surface area contributed by atoms with E-state index in [1.165, 1.54) is 0 Å². The molecule has 0 bridgehead atoms. The van der Waals surface area contributed by atoms with E-state index in [2.05, 4.69) is 38.8 Å². The summed E-state index contributed by atoms with van der Waals surface area (Å²) in [5, 5.41) is 125. The van der Waals surface area contributed by atoms with Gasteiger partial charge in [0.25, 0.3) is 0 Å². The van der Waals surface area contributed by atoms with Crippen molar-refractivity contribution in [1.82, 2.24) is 42.5 Å². The number of nitrogens with one attached hydrogen (secondary N) is 8. The third kappa shape index (κ3) is 23.9. The summed E-state index contributed by atoms with van der Waals surface area (Å²) in [6.45, 7) is -2.28. The second kappa shape index (κ2) is 36.9. The predicted molar refractivity (Wildman–Crippen MR) is 292 cm³/mol. The van der Waals surface area contributed by atoms with Gasteiger partial charge in [0.05, 0.1) is 45.0 Å². The van der Waals surface area contributed by atoms with Gasteiger partial charge in [0, 0.05) is 12.5 Å². The minimum Gasteiger partial charge on any atom is -0.508 e. The van der Waals surface area contributed by atoms with E-state index in [4.69, 9.17) is 26.7 Å². The normalized spacial score (nSPS) is 27.5.